The van der Waals surface area contributed by atoms with Crippen LogP contribution in [-0.4, -0.2) is 34.5 Å². The van der Waals surface area contributed by atoms with Crippen LogP contribution in [-0.2, 0) is 20.9 Å². The molecule has 0 fully saturated rings. The summed E-state index contributed by atoms with van der Waals surface area (Å²) in [5.41, 5.74) is 0.955. The Labute approximate surface area is 131 Å². The molecule has 0 aliphatic rings. The van der Waals surface area contributed by atoms with E-state index in [0.29, 0.717) is 21.5 Å². The lowest BCUT2D eigenvalue weighted by Crippen LogP contribution is -2.08. The number of carbonyl (C=O) groups is 3. The first-order valence-corrected chi connectivity index (χ1v) is 6.90. The van der Waals surface area contributed by atoms with Crippen molar-refractivity contribution in [2.24, 2.45) is 0 Å². The fraction of sp³-hybridized carbons (Fsp3) is 0.267. The number of nitrogens with zero attached hydrogens (tertiary/aromatic N) is 1. The number of methoxy groups -OCH3 is 1. The van der Waals surface area contributed by atoms with Crippen molar-refractivity contribution in [3.05, 3.63) is 35.0 Å². The van der Waals surface area contributed by atoms with E-state index in [0.717, 1.165) is 0 Å². The van der Waals surface area contributed by atoms with Crippen LogP contribution >= 0.6 is 11.6 Å². The Morgan fingerprint density at radius 1 is 1.27 bits per heavy atom. The van der Waals surface area contributed by atoms with E-state index in [4.69, 9.17) is 16.7 Å². The number of carboxylic acid groups (broad SMARTS) is 1. The minimum Gasteiger partial charge on any atom is -0.480 e. The molecule has 0 aliphatic heterocycles. The number of carboxylic acids is 1. The van der Waals surface area contributed by atoms with Crippen LogP contribution in [0.2, 0.25) is 5.02 Å². The standard InChI is InChI=1S/C15H14ClNO5/c1-22-15(21)5-4-13(18)11-7-17(8-14(19)20)12-3-2-9(16)6-10(11)12/h2-3,6-7H,4-5,8H2,1H3,(H,19,20). The first-order chi connectivity index (χ1) is 10.4. The van der Waals surface area contributed by atoms with E-state index >= 15 is 0 Å². The monoisotopic (exact) mass is 323 g/mol. The highest BCUT2D eigenvalue weighted by Gasteiger charge is 2.17. The summed E-state index contributed by atoms with van der Waals surface area (Å²) in [7, 11) is 1.26. The van der Waals surface area contributed by atoms with Crippen LogP contribution in [0.5, 0.6) is 0 Å². The summed E-state index contributed by atoms with van der Waals surface area (Å²) < 4.78 is 5.98. The lowest BCUT2D eigenvalue weighted by atomic mass is 10.1. The molecule has 0 unspecified atom stereocenters. The molecule has 1 heterocycles. The second kappa shape index (κ2) is 6.62. The molecule has 2 aromatic rings. The van der Waals surface area contributed by atoms with E-state index in [1.54, 1.807) is 18.2 Å². The van der Waals surface area contributed by atoms with E-state index in [1.807, 2.05) is 0 Å². The minimum absolute atomic E-state index is 0.00856. The first kappa shape index (κ1) is 16.0. The number of benzene rings is 1. The van der Waals surface area contributed by atoms with Gasteiger partial charge >= 0.3 is 11.9 Å². The van der Waals surface area contributed by atoms with Gasteiger partial charge in [-0.25, -0.2) is 0 Å². The van der Waals surface area contributed by atoms with Gasteiger partial charge < -0.3 is 14.4 Å². The van der Waals surface area contributed by atoms with Crippen LogP contribution in [0.1, 0.15) is 23.2 Å². The predicted molar refractivity (Wildman–Crippen MR) is 80.2 cm³/mol. The Morgan fingerprint density at radius 3 is 2.64 bits per heavy atom. The second-order valence-corrected chi connectivity index (χ2v) is 5.16. The summed E-state index contributed by atoms with van der Waals surface area (Å²) >= 11 is 5.95. The van der Waals surface area contributed by atoms with Crippen LogP contribution in [0.4, 0.5) is 0 Å². The Kier molecular flexibility index (Phi) is 4.82. The lowest BCUT2D eigenvalue weighted by Gasteiger charge is -2.00. The molecule has 0 saturated heterocycles. The van der Waals surface area contributed by atoms with Crippen molar-refractivity contribution >= 4 is 40.2 Å². The zero-order valence-corrected chi connectivity index (χ0v) is 12.6. The number of halogens is 1. The zero-order valence-electron chi connectivity index (χ0n) is 11.8. The number of hydrogen-bond acceptors (Lipinski definition) is 4. The van der Waals surface area contributed by atoms with Gasteiger partial charge in [-0.1, -0.05) is 11.6 Å². The lowest BCUT2D eigenvalue weighted by molar-refractivity contribution is -0.140. The molecule has 0 saturated carbocycles. The number of aliphatic carboxylic acids is 1. The van der Waals surface area contributed by atoms with Gasteiger partial charge in [0.2, 0.25) is 0 Å². The van der Waals surface area contributed by atoms with Crippen molar-refractivity contribution in [1.29, 1.82) is 0 Å². The molecule has 0 atom stereocenters. The van der Waals surface area contributed by atoms with Crippen molar-refractivity contribution in [2.75, 3.05) is 7.11 Å². The Morgan fingerprint density at radius 2 is 2.00 bits per heavy atom. The number of aromatic nitrogens is 1. The van der Waals surface area contributed by atoms with Gasteiger partial charge in [-0.05, 0) is 18.2 Å². The third-order valence-electron chi connectivity index (χ3n) is 3.23. The van der Waals surface area contributed by atoms with Gasteiger partial charge in [0.1, 0.15) is 6.54 Å². The average Bonchev–Trinajstić information content (AvgIpc) is 2.81. The summed E-state index contributed by atoms with van der Waals surface area (Å²) in [4.78, 5) is 34.3. The summed E-state index contributed by atoms with van der Waals surface area (Å²) in [5.74, 6) is -1.75. The van der Waals surface area contributed by atoms with Crippen molar-refractivity contribution in [3.8, 4) is 0 Å². The van der Waals surface area contributed by atoms with E-state index in [2.05, 4.69) is 4.74 Å². The average molecular weight is 324 g/mol. The Hall–Kier alpha value is -2.34. The highest BCUT2D eigenvalue weighted by molar-refractivity contribution is 6.31. The molecule has 0 spiro atoms. The van der Waals surface area contributed by atoms with Crippen LogP contribution in [0, 0.1) is 0 Å². The molecule has 7 heteroatoms. The normalized spacial score (nSPS) is 10.6. The quantitative estimate of drug-likeness (QED) is 0.652. The molecule has 0 aliphatic carbocycles. The van der Waals surface area contributed by atoms with E-state index in [1.165, 1.54) is 17.9 Å². The summed E-state index contributed by atoms with van der Waals surface area (Å²) in [6.45, 7) is -0.261. The van der Waals surface area contributed by atoms with Gasteiger partial charge in [0.15, 0.2) is 5.78 Å². The van der Waals surface area contributed by atoms with Gasteiger partial charge in [-0.15, -0.1) is 0 Å². The highest BCUT2D eigenvalue weighted by Crippen LogP contribution is 2.26. The molecule has 22 heavy (non-hydrogen) atoms. The third-order valence-corrected chi connectivity index (χ3v) is 3.47. The number of fused-ring (bicyclic) bond motifs is 1. The Balaban J connectivity index is 2.39. The maximum Gasteiger partial charge on any atom is 0.323 e. The highest BCUT2D eigenvalue weighted by atomic mass is 35.5. The molecule has 0 bridgehead atoms. The predicted octanol–water partition coefficient (Wildman–Crippen LogP) is 2.52. The molecular weight excluding hydrogens is 310 g/mol. The smallest absolute Gasteiger partial charge is 0.323 e. The van der Waals surface area contributed by atoms with Crippen LogP contribution < -0.4 is 0 Å². The summed E-state index contributed by atoms with van der Waals surface area (Å²) in [6.07, 6.45) is 1.45. The number of Topliss-reactive ketones (excluding diaryl/α,β-unsaturated/α-hetero) is 1. The topological polar surface area (TPSA) is 85.6 Å². The maximum absolute atomic E-state index is 12.3. The van der Waals surface area contributed by atoms with Crippen molar-refractivity contribution in [2.45, 2.75) is 19.4 Å². The fourth-order valence-electron chi connectivity index (χ4n) is 2.22. The SMILES string of the molecule is COC(=O)CCC(=O)c1cn(CC(=O)O)c2ccc(Cl)cc12. The molecule has 6 nitrogen and oxygen atoms in total. The molecule has 1 N–H and O–H groups in total. The molecule has 2 rings (SSSR count). The molecule has 0 radical (unpaired) electrons. The first-order valence-electron chi connectivity index (χ1n) is 6.52. The molecule has 1 aromatic heterocycles. The van der Waals surface area contributed by atoms with E-state index in [-0.39, 0.29) is 25.2 Å². The Bertz CT molecular complexity index is 750. The maximum atomic E-state index is 12.3. The largest absolute Gasteiger partial charge is 0.480 e. The molecule has 1 aromatic carbocycles. The number of ketones is 1. The van der Waals surface area contributed by atoms with Crippen molar-refractivity contribution in [3.63, 3.8) is 0 Å². The molecular formula is C15H14ClNO5. The number of carbonyl (C=O) groups excluding carboxylic acids is 2. The fourth-order valence-corrected chi connectivity index (χ4v) is 2.39. The zero-order chi connectivity index (χ0) is 16.3. The number of hydrogen-bond donors (Lipinski definition) is 1. The van der Waals surface area contributed by atoms with E-state index in [9.17, 15) is 14.4 Å². The van der Waals surface area contributed by atoms with Crippen LogP contribution in [0.3, 0.4) is 0 Å². The van der Waals surface area contributed by atoms with Gasteiger partial charge in [0.05, 0.1) is 13.5 Å². The summed E-state index contributed by atoms with van der Waals surface area (Å²) in [5, 5.41) is 9.96. The number of ether oxygens (including phenoxy) is 1. The van der Waals surface area contributed by atoms with Crippen LogP contribution in [0.15, 0.2) is 24.4 Å². The minimum atomic E-state index is -1.01. The van der Waals surface area contributed by atoms with Gasteiger partial charge in [0.25, 0.3) is 0 Å². The van der Waals surface area contributed by atoms with Gasteiger partial charge in [0, 0.05) is 34.1 Å². The van der Waals surface area contributed by atoms with Crippen molar-refractivity contribution in [1.82, 2.24) is 4.57 Å². The van der Waals surface area contributed by atoms with Crippen molar-refractivity contribution < 1.29 is 24.2 Å². The number of esters is 1. The third kappa shape index (κ3) is 3.46. The summed E-state index contributed by atoms with van der Waals surface area (Å²) in [6, 6.07) is 4.91. The van der Waals surface area contributed by atoms with E-state index < -0.39 is 11.9 Å². The van der Waals surface area contributed by atoms with Gasteiger partial charge in [-0.3, -0.25) is 14.4 Å². The van der Waals surface area contributed by atoms with Crippen LogP contribution in [0.25, 0.3) is 10.9 Å². The molecule has 0 amide bonds. The molecule has 116 valence electrons. The van der Waals surface area contributed by atoms with Gasteiger partial charge in [-0.2, -0.15) is 0 Å². The number of rotatable bonds is 6. The second-order valence-electron chi connectivity index (χ2n) is 4.73.